The van der Waals surface area contributed by atoms with E-state index < -0.39 is 0 Å². The van der Waals surface area contributed by atoms with Gasteiger partial charge in [0.2, 0.25) is 0 Å². The van der Waals surface area contributed by atoms with Crippen molar-refractivity contribution in [1.82, 2.24) is 4.90 Å². The average Bonchev–Trinajstić information content (AvgIpc) is 3.07. The Morgan fingerprint density at radius 1 is 1.03 bits per heavy atom. The van der Waals surface area contributed by atoms with Gasteiger partial charge in [0.25, 0.3) is 0 Å². The lowest BCUT2D eigenvalue weighted by Crippen LogP contribution is -2.51. The first-order valence-electron chi connectivity index (χ1n) is 15.1. The molecule has 0 spiro atoms. The molecule has 1 heterocycles. The van der Waals surface area contributed by atoms with Crippen LogP contribution in [-0.2, 0) is 14.3 Å². The van der Waals surface area contributed by atoms with Crippen molar-refractivity contribution >= 4 is 11.8 Å². The first-order valence-corrected chi connectivity index (χ1v) is 15.1. The molecule has 0 aromatic rings. The summed E-state index contributed by atoms with van der Waals surface area (Å²) in [5.41, 5.74) is 1.99. The van der Waals surface area contributed by atoms with E-state index in [1.807, 2.05) is 6.92 Å². The van der Waals surface area contributed by atoms with E-state index in [1.54, 1.807) is 5.57 Å². The highest BCUT2D eigenvalue weighted by Gasteiger charge is 2.61. The van der Waals surface area contributed by atoms with Crippen LogP contribution in [0.4, 0.5) is 0 Å². The summed E-state index contributed by atoms with van der Waals surface area (Å²) in [5, 5.41) is 0. The van der Waals surface area contributed by atoms with Crippen molar-refractivity contribution in [3.63, 3.8) is 0 Å². The Kier molecular flexibility index (Phi) is 7.24. The molecular formula is C32H51NO3. The molecule has 0 aromatic heterocycles. The van der Waals surface area contributed by atoms with Gasteiger partial charge < -0.3 is 9.64 Å². The molecule has 0 bridgehead atoms. The number of hydrogen-bond acceptors (Lipinski definition) is 4. The van der Waals surface area contributed by atoms with Crippen molar-refractivity contribution in [3.05, 3.63) is 11.6 Å². The second-order valence-electron chi connectivity index (χ2n) is 14.4. The van der Waals surface area contributed by atoms with E-state index in [0.717, 1.165) is 57.2 Å². The van der Waals surface area contributed by atoms with Crippen LogP contribution in [0.3, 0.4) is 0 Å². The molecule has 202 valence electrons. The number of Topliss-reactive ketones (excluding diaryl/α,β-unsaturated/α-hetero) is 1. The van der Waals surface area contributed by atoms with Gasteiger partial charge in [-0.15, -0.1) is 0 Å². The number of piperidine rings is 1. The molecule has 1 saturated heterocycles. The zero-order chi connectivity index (χ0) is 25.8. The lowest BCUT2D eigenvalue weighted by atomic mass is 9.47. The van der Waals surface area contributed by atoms with Crippen molar-refractivity contribution in [2.24, 2.45) is 52.3 Å². The van der Waals surface area contributed by atoms with Gasteiger partial charge in [-0.25, -0.2) is 0 Å². The van der Waals surface area contributed by atoms with Crippen molar-refractivity contribution in [1.29, 1.82) is 0 Å². The molecule has 4 nitrogen and oxygen atoms in total. The average molecular weight is 498 g/mol. The number of rotatable bonds is 5. The number of ether oxygens (including phenoxy) is 1. The normalized spacial score (nSPS) is 46.8. The van der Waals surface area contributed by atoms with Crippen LogP contribution < -0.4 is 0 Å². The summed E-state index contributed by atoms with van der Waals surface area (Å²) >= 11 is 0. The highest BCUT2D eigenvalue weighted by Crippen LogP contribution is 2.67. The number of fused-ring (bicyclic) bond motifs is 5. The number of likely N-dealkylation sites (tertiary alicyclic amines) is 1. The van der Waals surface area contributed by atoms with Gasteiger partial charge in [-0.3, -0.25) is 9.59 Å². The standard InChI is InChI=1S/C32H51NO3/c1-20-15-21(2)19-33(18-20)14-11-29(35)36-25-9-12-31(5)24(17-25)7-8-26-27(31)10-13-32(6)28(26)16-22(3)30(32)23(4)34/h7,20-22,25-28,30H,8-19H2,1-6H3/t20-,21+,22-,25+,26+,27-,28-,30+,31+,32+/m1/s1. The predicted molar refractivity (Wildman–Crippen MR) is 144 cm³/mol. The summed E-state index contributed by atoms with van der Waals surface area (Å²) in [6, 6.07) is 0. The zero-order valence-electron chi connectivity index (χ0n) is 23.9. The number of nitrogens with zero attached hydrogens (tertiary/aromatic N) is 1. The molecular weight excluding hydrogens is 446 g/mol. The van der Waals surface area contributed by atoms with Gasteiger partial charge in [-0.1, -0.05) is 46.3 Å². The van der Waals surface area contributed by atoms with E-state index in [2.05, 4.69) is 45.6 Å². The highest BCUT2D eigenvalue weighted by atomic mass is 16.5. The molecule has 4 fully saturated rings. The molecule has 5 aliphatic rings. The van der Waals surface area contributed by atoms with E-state index in [-0.39, 0.29) is 28.8 Å². The number of carbonyl (C=O) groups excluding carboxylic acids is 2. The van der Waals surface area contributed by atoms with Gasteiger partial charge in [0, 0.05) is 32.0 Å². The molecule has 0 aromatic carbocycles. The number of hydrogen-bond donors (Lipinski definition) is 0. The van der Waals surface area contributed by atoms with Crippen LogP contribution in [0.5, 0.6) is 0 Å². The summed E-state index contributed by atoms with van der Waals surface area (Å²) in [5.74, 6) is 4.71. The van der Waals surface area contributed by atoms with Gasteiger partial charge in [-0.2, -0.15) is 0 Å². The first kappa shape index (κ1) is 26.4. The topological polar surface area (TPSA) is 46.6 Å². The number of ketones is 1. The quantitative estimate of drug-likeness (QED) is 0.314. The minimum atomic E-state index is -0.00702. The van der Waals surface area contributed by atoms with E-state index >= 15 is 0 Å². The maximum absolute atomic E-state index is 12.8. The smallest absolute Gasteiger partial charge is 0.307 e. The predicted octanol–water partition coefficient (Wildman–Crippen LogP) is 6.68. The second-order valence-corrected chi connectivity index (χ2v) is 14.4. The van der Waals surface area contributed by atoms with Gasteiger partial charge in [0.05, 0.1) is 6.42 Å². The summed E-state index contributed by atoms with van der Waals surface area (Å²) in [7, 11) is 0. The largest absolute Gasteiger partial charge is 0.462 e. The fraction of sp³-hybridized carbons (Fsp3) is 0.875. The molecule has 4 aliphatic carbocycles. The van der Waals surface area contributed by atoms with Crippen molar-refractivity contribution in [2.75, 3.05) is 19.6 Å². The van der Waals surface area contributed by atoms with Crippen LogP contribution in [0.1, 0.15) is 99.3 Å². The summed E-state index contributed by atoms with van der Waals surface area (Å²) in [6.07, 6.45) is 12.3. The first-order chi connectivity index (χ1) is 17.0. The molecule has 4 heteroatoms. The van der Waals surface area contributed by atoms with Crippen LogP contribution >= 0.6 is 0 Å². The van der Waals surface area contributed by atoms with E-state index in [4.69, 9.17) is 4.74 Å². The van der Waals surface area contributed by atoms with Crippen LogP contribution in [0.25, 0.3) is 0 Å². The van der Waals surface area contributed by atoms with Gasteiger partial charge in [0.1, 0.15) is 11.9 Å². The molecule has 10 atom stereocenters. The minimum absolute atomic E-state index is 0.00702. The van der Waals surface area contributed by atoms with E-state index in [1.165, 1.54) is 25.7 Å². The Morgan fingerprint density at radius 3 is 2.44 bits per heavy atom. The lowest BCUT2D eigenvalue weighted by molar-refractivity contribution is -0.152. The fourth-order valence-corrected chi connectivity index (χ4v) is 10.4. The summed E-state index contributed by atoms with van der Waals surface area (Å²) in [6.45, 7) is 16.8. The highest BCUT2D eigenvalue weighted by molar-refractivity contribution is 5.80. The molecule has 36 heavy (non-hydrogen) atoms. The molecule has 0 radical (unpaired) electrons. The van der Waals surface area contributed by atoms with Crippen LogP contribution in [0.15, 0.2) is 11.6 Å². The Labute approximate surface area is 220 Å². The number of carbonyl (C=O) groups is 2. The number of esters is 1. The Morgan fingerprint density at radius 2 is 1.75 bits per heavy atom. The molecule has 5 rings (SSSR count). The van der Waals surface area contributed by atoms with E-state index in [9.17, 15) is 9.59 Å². The Hall–Kier alpha value is -1.16. The molecule has 1 aliphatic heterocycles. The monoisotopic (exact) mass is 497 g/mol. The molecule has 0 amide bonds. The third-order valence-corrected chi connectivity index (χ3v) is 11.7. The van der Waals surface area contributed by atoms with Crippen LogP contribution in [0.2, 0.25) is 0 Å². The molecule has 0 N–H and O–H groups in total. The van der Waals surface area contributed by atoms with Gasteiger partial charge in [-0.05, 0) is 98.2 Å². The Balaban J connectivity index is 1.20. The third-order valence-electron chi connectivity index (χ3n) is 11.7. The summed E-state index contributed by atoms with van der Waals surface area (Å²) < 4.78 is 6.06. The van der Waals surface area contributed by atoms with Gasteiger partial charge in [0.15, 0.2) is 0 Å². The summed E-state index contributed by atoms with van der Waals surface area (Å²) in [4.78, 5) is 27.8. The third kappa shape index (κ3) is 4.63. The molecule has 0 unspecified atom stereocenters. The lowest BCUT2D eigenvalue weighted by Gasteiger charge is -2.58. The molecule has 3 saturated carbocycles. The Bertz CT molecular complexity index is 886. The van der Waals surface area contributed by atoms with Crippen molar-refractivity contribution in [2.45, 2.75) is 105 Å². The van der Waals surface area contributed by atoms with Gasteiger partial charge >= 0.3 is 5.97 Å². The van der Waals surface area contributed by atoms with Crippen LogP contribution in [0, 0.1) is 52.3 Å². The number of allylic oxidation sites excluding steroid dienone is 1. The fourth-order valence-electron chi connectivity index (χ4n) is 10.4. The van der Waals surface area contributed by atoms with Crippen molar-refractivity contribution in [3.8, 4) is 0 Å². The van der Waals surface area contributed by atoms with Crippen LogP contribution in [-0.4, -0.2) is 42.4 Å². The maximum Gasteiger partial charge on any atom is 0.307 e. The zero-order valence-corrected chi connectivity index (χ0v) is 23.9. The maximum atomic E-state index is 12.8. The van der Waals surface area contributed by atoms with Crippen molar-refractivity contribution < 1.29 is 14.3 Å². The second kappa shape index (κ2) is 9.86. The minimum Gasteiger partial charge on any atom is -0.462 e. The SMILES string of the molecule is CC(=O)[C@@H]1[C@H](C)C[C@@H]2[C@H]3CC=C4C[C@@H](OC(=O)CCN5C[C@H](C)C[C@H](C)C5)CC[C@]4(C)[C@@H]3CC[C@@]21C. The van der Waals surface area contributed by atoms with E-state index in [0.29, 0.717) is 35.9 Å².